The van der Waals surface area contributed by atoms with Crippen LogP contribution in [0.25, 0.3) is 11.3 Å². The van der Waals surface area contributed by atoms with E-state index in [4.69, 9.17) is 0 Å². The summed E-state index contributed by atoms with van der Waals surface area (Å²) in [5.41, 5.74) is 2.10. The molecule has 1 unspecified atom stereocenters. The molecule has 1 aliphatic heterocycles. The molecule has 1 saturated heterocycles. The highest BCUT2D eigenvalue weighted by Gasteiger charge is 2.22. The molecule has 2 heterocycles. The zero-order chi connectivity index (χ0) is 20.4. The molecule has 3 amide bonds. The normalized spacial score (nSPS) is 15.8. The van der Waals surface area contributed by atoms with Crippen molar-refractivity contribution in [3.63, 3.8) is 0 Å². The van der Waals surface area contributed by atoms with Gasteiger partial charge in [-0.3, -0.25) is 15.2 Å². The number of halogens is 2. The summed E-state index contributed by atoms with van der Waals surface area (Å²) >= 11 is 0. The number of anilines is 2. The summed E-state index contributed by atoms with van der Waals surface area (Å²) in [6.45, 7) is 0. The molecule has 1 aromatic heterocycles. The molecule has 0 spiro atoms. The fraction of sp³-hybridized carbons (Fsp3) is 0.150. The number of nitrogens with zero attached hydrogens (tertiary/aromatic N) is 1. The Kier molecular flexibility index (Phi) is 4.94. The van der Waals surface area contributed by atoms with Crippen molar-refractivity contribution in [3.05, 3.63) is 65.7 Å². The number of nitrogens with one attached hydrogen (secondary N) is 4. The molecule has 0 saturated carbocycles. The predicted molar refractivity (Wildman–Crippen MR) is 103 cm³/mol. The van der Waals surface area contributed by atoms with Gasteiger partial charge in [-0.1, -0.05) is 12.1 Å². The van der Waals surface area contributed by atoms with Gasteiger partial charge in [0.1, 0.15) is 11.6 Å². The van der Waals surface area contributed by atoms with Crippen LogP contribution in [0.4, 0.5) is 25.1 Å². The molecule has 1 aliphatic rings. The minimum atomic E-state index is -0.708. The summed E-state index contributed by atoms with van der Waals surface area (Å²) in [5.74, 6) is -1.21. The molecule has 2 aromatic carbocycles. The highest BCUT2D eigenvalue weighted by Crippen LogP contribution is 2.26. The van der Waals surface area contributed by atoms with Crippen molar-refractivity contribution in [2.24, 2.45) is 0 Å². The predicted octanol–water partition coefficient (Wildman–Crippen LogP) is 3.95. The smallest absolute Gasteiger partial charge is 0.324 e. The molecule has 4 rings (SSSR count). The van der Waals surface area contributed by atoms with Crippen molar-refractivity contribution in [3.8, 4) is 11.3 Å². The Morgan fingerprint density at radius 3 is 2.59 bits per heavy atom. The number of carbonyl (C=O) groups is 2. The van der Waals surface area contributed by atoms with E-state index in [1.54, 1.807) is 18.2 Å². The van der Waals surface area contributed by atoms with Crippen LogP contribution in [0.5, 0.6) is 0 Å². The average Bonchev–Trinajstić information content (AvgIpc) is 3.30. The van der Waals surface area contributed by atoms with E-state index in [1.807, 2.05) is 6.07 Å². The van der Waals surface area contributed by atoms with E-state index in [1.165, 1.54) is 6.07 Å². The van der Waals surface area contributed by atoms with Gasteiger partial charge >= 0.3 is 6.03 Å². The third kappa shape index (κ3) is 4.40. The van der Waals surface area contributed by atoms with Crippen LogP contribution in [0.15, 0.2) is 48.5 Å². The first-order valence-electron chi connectivity index (χ1n) is 8.95. The number of benzene rings is 2. The highest BCUT2D eigenvalue weighted by molar-refractivity contribution is 5.99. The number of rotatable bonds is 4. The first-order chi connectivity index (χ1) is 14.0. The van der Waals surface area contributed by atoms with E-state index >= 15 is 0 Å². The van der Waals surface area contributed by atoms with Crippen molar-refractivity contribution in [2.45, 2.75) is 18.9 Å². The maximum Gasteiger partial charge on any atom is 0.324 e. The van der Waals surface area contributed by atoms with E-state index in [2.05, 4.69) is 26.1 Å². The van der Waals surface area contributed by atoms with Gasteiger partial charge in [0, 0.05) is 29.8 Å². The third-order valence-electron chi connectivity index (χ3n) is 4.54. The van der Waals surface area contributed by atoms with Crippen LogP contribution in [0.1, 0.15) is 24.4 Å². The van der Waals surface area contributed by atoms with Gasteiger partial charge in [-0.15, -0.1) is 0 Å². The Morgan fingerprint density at radius 2 is 1.86 bits per heavy atom. The molecule has 1 fully saturated rings. The highest BCUT2D eigenvalue weighted by atomic mass is 19.1. The lowest BCUT2D eigenvalue weighted by molar-refractivity contribution is -0.119. The summed E-state index contributed by atoms with van der Waals surface area (Å²) in [6, 6.07) is 11.2. The van der Waals surface area contributed by atoms with Crippen molar-refractivity contribution >= 4 is 23.4 Å². The molecule has 3 aromatic rings. The molecule has 0 radical (unpaired) electrons. The number of aromatic amines is 1. The van der Waals surface area contributed by atoms with Gasteiger partial charge in [0.25, 0.3) is 0 Å². The monoisotopic (exact) mass is 397 g/mol. The topological polar surface area (TPSA) is 98.9 Å². The van der Waals surface area contributed by atoms with Crippen molar-refractivity contribution in [1.82, 2.24) is 15.5 Å². The molecular weight excluding hydrogens is 380 g/mol. The second kappa shape index (κ2) is 7.70. The van der Waals surface area contributed by atoms with Gasteiger partial charge < -0.3 is 10.6 Å². The summed E-state index contributed by atoms with van der Waals surface area (Å²) in [7, 11) is 0. The average molecular weight is 397 g/mol. The maximum absolute atomic E-state index is 13.4. The summed E-state index contributed by atoms with van der Waals surface area (Å²) in [5, 5.41) is 14.7. The Bertz CT molecular complexity index is 1060. The van der Waals surface area contributed by atoms with Crippen LogP contribution in [0.3, 0.4) is 0 Å². The van der Waals surface area contributed by atoms with E-state index in [9.17, 15) is 18.4 Å². The number of carbonyl (C=O) groups excluding carboxylic acids is 2. The Morgan fingerprint density at radius 1 is 1.07 bits per heavy atom. The van der Waals surface area contributed by atoms with Crippen LogP contribution < -0.4 is 16.0 Å². The Labute approximate surface area is 164 Å². The first-order valence-corrected chi connectivity index (χ1v) is 8.95. The molecule has 0 aliphatic carbocycles. The third-order valence-corrected chi connectivity index (χ3v) is 4.54. The van der Waals surface area contributed by atoms with E-state index in [0.717, 1.165) is 23.8 Å². The number of urea groups is 1. The van der Waals surface area contributed by atoms with Crippen LogP contribution in [-0.2, 0) is 4.79 Å². The summed E-state index contributed by atoms with van der Waals surface area (Å²) in [4.78, 5) is 23.6. The zero-order valence-electron chi connectivity index (χ0n) is 15.1. The van der Waals surface area contributed by atoms with Crippen LogP contribution in [0.2, 0.25) is 0 Å². The molecule has 148 valence electrons. The Hall–Kier alpha value is -3.75. The standard InChI is InChI=1S/C20H17F2N5O2/c21-13-6-12(7-14(22)9-13)17-10-18(27-26-17)25-20(29)23-15-3-1-2-11(8-15)16-4-5-19(28)24-16/h1-3,6-10,16H,4-5H2,(H,24,28)(H3,23,25,26,27,29). The largest absolute Gasteiger partial charge is 0.349 e. The fourth-order valence-corrected chi connectivity index (χ4v) is 3.22. The zero-order valence-corrected chi connectivity index (χ0v) is 15.1. The second-order valence-corrected chi connectivity index (χ2v) is 6.69. The van der Waals surface area contributed by atoms with Gasteiger partial charge in [0.2, 0.25) is 5.91 Å². The van der Waals surface area contributed by atoms with Gasteiger partial charge in [0.05, 0.1) is 11.7 Å². The van der Waals surface area contributed by atoms with Gasteiger partial charge in [-0.2, -0.15) is 5.10 Å². The minimum absolute atomic E-state index is 0.0126. The minimum Gasteiger partial charge on any atom is -0.349 e. The van der Waals surface area contributed by atoms with Crippen molar-refractivity contribution < 1.29 is 18.4 Å². The summed E-state index contributed by atoms with van der Waals surface area (Å²) in [6.07, 6.45) is 1.20. The quantitative estimate of drug-likeness (QED) is 0.536. The van der Waals surface area contributed by atoms with Crippen molar-refractivity contribution in [1.29, 1.82) is 0 Å². The second-order valence-electron chi connectivity index (χ2n) is 6.69. The Balaban J connectivity index is 1.41. The number of hydrogen-bond acceptors (Lipinski definition) is 3. The van der Waals surface area contributed by atoms with E-state index < -0.39 is 17.7 Å². The van der Waals surface area contributed by atoms with Crippen LogP contribution >= 0.6 is 0 Å². The molecule has 9 heteroatoms. The number of hydrogen-bond donors (Lipinski definition) is 4. The van der Waals surface area contributed by atoms with Crippen molar-refractivity contribution in [2.75, 3.05) is 10.6 Å². The maximum atomic E-state index is 13.4. The first kappa shape index (κ1) is 18.6. The molecule has 29 heavy (non-hydrogen) atoms. The van der Waals surface area contributed by atoms with Crippen LogP contribution in [0, 0.1) is 11.6 Å². The fourth-order valence-electron chi connectivity index (χ4n) is 3.22. The SMILES string of the molecule is O=C1CCC(c2cccc(NC(=O)Nc3cc(-c4cc(F)cc(F)c4)[nH]n3)c2)N1. The van der Waals surface area contributed by atoms with Crippen LogP contribution in [-0.4, -0.2) is 22.1 Å². The molecule has 0 bridgehead atoms. The number of H-pyrrole nitrogens is 1. The molecule has 4 N–H and O–H groups in total. The van der Waals surface area contributed by atoms with E-state index in [-0.39, 0.29) is 23.3 Å². The van der Waals surface area contributed by atoms with Gasteiger partial charge in [-0.25, -0.2) is 13.6 Å². The molecular formula is C20H17F2N5O2. The van der Waals surface area contributed by atoms with Gasteiger partial charge in [0.15, 0.2) is 5.82 Å². The lowest BCUT2D eigenvalue weighted by atomic mass is 10.0. The summed E-state index contributed by atoms with van der Waals surface area (Å²) < 4.78 is 26.7. The van der Waals surface area contributed by atoms with Gasteiger partial charge in [-0.05, 0) is 36.2 Å². The van der Waals surface area contributed by atoms with E-state index in [0.29, 0.717) is 24.2 Å². The lowest BCUT2D eigenvalue weighted by Crippen LogP contribution is -2.21. The number of aromatic nitrogens is 2. The molecule has 1 atom stereocenters. The number of amides is 3. The lowest BCUT2D eigenvalue weighted by Gasteiger charge is -2.12. The molecule has 7 nitrogen and oxygen atoms in total.